The van der Waals surface area contributed by atoms with E-state index in [1.807, 2.05) is 12.1 Å². The first-order chi connectivity index (χ1) is 13.4. The van der Waals surface area contributed by atoms with Crippen molar-refractivity contribution in [3.63, 3.8) is 0 Å². The molecule has 28 heavy (non-hydrogen) atoms. The number of aliphatic hydroxyl groups is 1. The predicted molar refractivity (Wildman–Crippen MR) is 102 cm³/mol. The number of rotatable bonds is 4. The molecule has 2 heterocycles. The van der Waals surface area contributed by atoms with Crippen LogP contribution in [0, 0.1) is 11.8 Å². The summed E-state index contributed by atoms with van der Waals surface area (Å²) in [4.78, 5) is 18.7. The number of ether oxygens (including phenoxy) is 2. The fourth-order valence-electron chi connectivity index (χ4n) is 4.18. The molecule has 2 aliphatic rings. The number of likely N-dealkylation sites (tertiary alicyclic amines) is 1. The van der Waals surface area contributed by atoms with Crippen LogP contribution < -0.4 is 9.47 Å². The molecule has 150 valence electrons. The third-order valence-corrected chi connectivity index (χ3v) is 5.79. The third kappa shape index (κ3) is 3.66. The van der Waals surface area contributed by atoms with Crippen LogP contribution in [0.25, 0.3) is 0 Å². The third-order valence-electron chi connectivity index (χ3n) is 5.55. The van der Waals surface area contributed by atoms with Gasteiger partial charge in [-0.25, -0.2) is 4.68 Å². The van der Waals surface area contributed by atoms with Gasteiger partial charge in [-0.15, -0.1) is 5.10 Å². The quantitative estimate of drug-likeness (QED) is 0.832. The number of aromatic nitrogens is 3. The van der Waals surface area contributed by atoms with E-state index in [0.717, 1.165) is 0 Å². The monoisotopic (exact) mass is 406 g/mol. The Kier molecular flexibility index (Phi) is 5.16. The average Bonchev–Trinajstić information content (AvgIpc) is 3.24. The Morgan fingerprint density at radius 1 is 1.29 bits per heavy atom. The van der Waals surface area contributed by atoms with Crippen molar-refractivity contribution in [1.29, 1.82) is 0 Å². The maximum Gasteiger partial charge on any atom is 0.314 e. The molecule has 1 aliphatic heterocycles. The Balaban J connectivity index is 1.42. The molecule has 1 saturated carbocycles. The van der Waals surface area contributed by atoms with E-state index in [-0.39, 0.29) is 29.7 Å². The lowest BCUT2D eigenvalue weighted by Gasteiger charge is -2.35. The first-order valence-electron chi connectivity index (χ1n) is 9.29. The van der Waals surface area contributed by atoms with E-state index in [9.17, 15) is 9.90 Å². The number of hydrogen-bond acceptors (Lipinski definition) is 6. The number of halogens is 1. The van der Waals surface area contributed by atoms with Gasteiger partial charge < -0.3 is 19.5 Å². The fraction of sp³-hybridized carbons (Fsp3) is 0.526. The molecule has 1 aliphatic carbocycles. The Labute approximate surface area is 168 Å². The maximum absolute atomic E-state index is 12.8. The van der Waals surface area contributed by atoms with Crippen molar-refractivity contribution in [3.05, 3.63) is 35.1 Å². The molecule has 4 atom stereocenters. The van der Waals surface area contributed by atoms with Gasteiger partial charge in [0.2, 0.25) is 5.82 Å². The van der Waals surface area contributed by atoms with E-state index in [0.29, 0.717) is 42.7 Å². The van der Waals surface area contributed by atoms with Crippen LogP contribution in [0.4, 0.5) is 0 Å². The van der Waals surface area contributed by atoms with Crippen molar-refractivity contribution < 1.29 is 19.4 Å². The zero-order valence-electron chi connectivity index (χ0n) is 15.8. The molecule has 0 radical (unpaired) electrons. The second-order valence-electron chi connectivity index (χ2n) is 7.43. The second kappa shape index (κ2) is 7.60. The summed E-state index contributed by atoms with van der Waals surface area (Å²) in [6.45, 7) is 1.19. The topological polar surface area (TPSA) is 89.7 Å². The average molecular weight is 407 g/mol. The Hall–Kier alpha value is -2.32. The van der Waals surface area contributed by atoms with Gasteiger partial charge >= 0.3 is 6.01 Å². The van der Waals surface area contributed by atoms with Gasteiger partial charge in [-0.2, -0.15) is 4.98 Å². The number of hydrogen-bond donors (Lipinski definition) is 1. The number of aliphatic hydroxyl groups excluding tert-OH is 1. The summed E-state index contributed by atoms with van der Waals surface area (Å²) in [6, 6.07) is 7.47. The SMILES string of the molecule is COc1nc(C(=O)N2C[C@H]3C[C@@H](Oc4cccc(Cl)c4)[C@H](O)C[C@H]3C2)nn1C. The molecule has 1 aromatic heterocycles. The van der Waals surface area contributed by atoms with E-state index in [1.54, 1.807) is 24.1 Å². The number of amides is 1. The standard InChI is InChI=1S/C19H23ClN4O4/c1-23-19(27-2)21-17(22-23)18(26)24-9-11-6-15(25)16(7-12(11)10-24)28-14-5-3-4-13(20)8-14/h3-5,8,11-12,15-16,25H,6-7,9-10H2,1-2H3/t11-,12+,15+,16+/m0/s1. The van der Waals surface area contributed by atoms with Crippen LogP contribution >= 0.6 is 11.6 Å². The summed E-state index contributed by atoms with van der Waals surface area (Å²) >= 11 is 6.01. The van der Waals surface area contributed by atoms with Gasteiger partial charge in [0, 0.05) is 25.2 Å². The first kappa shape index (κ1) is 19.0. The van der Waals surface area contributed by atoms with E-state index in [4.69, 9.17) is 21.1 Å². The zero-order chi connectivity index (χ0) is 19.8. The molecular formula is C19H23ClN4O4. The highest BCUT2D eigenvalue weighted by Gasteiger charge is 2.44. The van der Waals surface area contributed by atoms with Gasteiger partial charge in [0.15, 0.2) is 0 Å². The molecule has 4 rings (SSSR count). The number of benzene rings is 1. The molecule has 8 nitrogen and oxygen atoms in total. The van der Waals surface area contributed by atoms with Crippen LogP contribution in [0.2, 0.25) is 5.02 Å². The molecule has 1 amide bonds. The van der Waals surface area contributed by atoms with Crippen LogP contribution in [0.5, 0.6) is 11.8 Å². The smallest absolute Gasteiger partial charge is 0.314 e. The first-order valence-corrected chi connectivity index (χ1v) is 9.67. The van der Waals surface area contributed by atoms with Gasteiger partial charge in [0.05, 0.1) is 13.2 Å². The summed E-state index contributed by atoms with van der Waals surface area (Å²) in [5.74, 6) is 1.07. The number of aryl methyl sites for hydroxylation is 1. The lowest BCUT2D eigenvalue weighted by Crippen LogP contribution is -2.42. The Morgan fingerprint density at radius 2 is 2.04 bits per heavy atom. The molecule has 0 unspecified atom stereocenters. The molecule has 1 aromatic carbocycles. The zero-order valence-corrected chi connectivity index (χ0v) is 16.5. The predicted octanol–water partition coefficient (Wildman–Crippen LogP) is 1.77. The van der Waals surface area contributed by atoms with Crippen molar-refractivity contribution >= 4 is 17.5 Å². The van der Waals surface area contributed by atoms with Crippen LogP contribution in [0.3, 0.4) is 0 Å². The Morgan fingerprint density at radius 3 is 2.71 bits per heavy atom. The maximum atomic E-state index is 12.8. The van der Waals surface area contributed by atoms with E-state index in [1.165, 1.54) is 11.8 Å². The van der Waals surface area contributed by atoms with Gasteiger partial charge in [0.25, 0.3) is 5.91 Å². The molecule has 2 aromatic rings. The number of carbonyl (C=O) groups is 1. The lowest BCUT2D eigenvalue weighted by molar-refractivity contribution is -0.0231. The highest BCUT2D eigenvalue weighted by atomic mass is 35.5. The highest BCUT2D eigenvalue weighted by Crippen LogP contribution is 2.38. The van der Waals surface area contributed by atoms with Crippen molar-refractivity contribution in [1.82, 2.24) is 19.7 Å². The number of nitrogens with zero attached hydrogens (tertiary/aromatic N) is 4. The number of fused-ring (bicyclic) bond motifs is 1. The van der Waals surface area contributed by atoms with E-state index in [2.05, 4.69) is 10.1 Å². The van der Waals surface area contributed by atoms with Crippen molar-refractivity contribution in [2.24, 2.45) is 18.9 Å². The fourth-order valence-corrected chi connectivity index (χ4v) is 4.36. The normalized spacial score (nSPS) is 26.8. The van der Waals surface area contributed by atoms with Crippen LogP contribution in [-0.2, 0) is 7.05 Å². The molecule has 1 N–H and O–H groups in total. The lowest BCUT2D eigenvalue weighted by atomic mass is 9.78. The van der Waals surface area contributed by atoms with Gasteiger partial charge in [-0.05, 0) is 42.9 Å². The van der Waals surface area contributed by atoms with Crippen LogP contribution in [-0.4, -0.2) is 63.1 Å². The molecule has 0 bridgehead atoms. The minimum atomic E-state index is -0.580. The molecule has 2 fully saturated rings. The Bertz CT molecular complexity index is 873. The van der Waals surface area contributed by atoms with Crippen molar-refractivity contribution in [3.8, 4) is 11.8 Å². The largest absolute Gasteiger partial charge is 0.488 e. The van der Waals surface area contributed by atoms with Crippen molar-refractivity contribution in [2.45, 2.75) is 25.0 Å². The number of carbonyl (C=O) groups excluding carboxylic acids is 1. The summed E-state index contributed by atoms with van der Waals surface area (Å²) in [7, 11) is 3.17. The van der Waals surface area contributed by atoms with Gasteiger partial charge in [-0.1, -0.05) is 17.7 Å². The summed E-state index contributed by atoms with van der Waals surface area (Å²) < 4.78 is 12.5. The number of methoxy groups -OCH3 is 1. The van der Waals surface area contributed by atoms with Crippen molar-refractivity contribution in [2.75, 3.05) is 20.2 Å². The van der Waals surface area contributed by atoms with Crippen LogP contribution in [0.15, 0.2) is 24.3 Å². The van der Waals surface area contributed by atoms with E-state index >= 15 is 0 Å². The van der Waals surface area contributed by atoms with Crippen LogP contribution in [0.1, 0.15) is 23.5 Å². The van der Waals surface area contributed by atoms with Gasteiger partial charge in [-0.3, -0.25) is 4.79 Å². The second-order valence-corrected chi connectivity index (χ2v) is 7.86. The molecule has 1 saturated heterocycles. The minimum Gasteiger partial charge on any atom is -0.488 e. The van der Waals surface area contributed by atoms with E-state index < -0.39 is 6.10 Å². The van der Waals surface area contributed by atoms with Gasteiger partial charge in [0.1, 0.15) is 11.9 Å². The highest BCUT2D eigenvalue weighted by molar-refractivity contribution is 6.30. The summed E-state index contributed by atoms with van der Waals surface area (Å²) in [5.41, 5.74) is 0. The molecular weight excluding hydrogens is 384 g/mol. The summed E-state index contributed by atoms with van der Waals surface area (Å²) in [5, 5.41) is 15.3. The molecule has 0 spiro atoms. The molecule has 9 heteroatoms. The minimum absolute atomic E-state index is 0.130. The summed E-state index contributed by atoms with van der Waals surface area (Å²) in [6.07, 6.45) is 0.380.